The summed E-state index contributed by atoms with van der Waals surface area (Å²) in [6.45, 7) is 0.494. The number of hydrogen-bond donors (Lipinski definition) is 2. The molecule has 8 heteroatoms. The Kier molecular flexibility index (Phi) is 4.01. The maximum atomic E-state index is 10.3. The van der Waals surface area contributed by atoms with Crippen LogP contribution in [0.1, 0.15) is 12.8 Å². The predicted octanol–water partition coefficient (Wildman–Crippen LogP) is -0.703. The summed E-state index contributed by atoms with van der Waals surface area (Å²) in [6, 6.07) is 1.78. The van der Waals surface area contributed by atoms with Crippen LogP contribution in [0.3, 0.4) is 0 Å². The summed E-state index contributed by atoms with van der Waals surface area (Å²) >= 11 is 0. The number of hydrogen-bond acceptors (Lipinski definition) is 6. The molecule has 1 aliphatic rings. The first kappa shape index (κ1) is 12.4. The highest BCUT2D eigenvalue weighted by Gasteiger charge is 2.26. The largest absolute Gasteiger partial charge is 0.413 e. The number of hydroxylamine groups is 1. The topological polar surface area (TPSA) is 103 Å². The molecule has 1 heterocycles. The van der Waals surface area contributed by atoms with Gasteiger partial charge in [-0.05, 0) is 19.9 Å². The minimum Gasteiger partial charge on any atom is -0.289 e. The molecule has 0 bridgehead atoms. The molecule has 7 nitrogen and oxygen atoms in total. The third-order valence-electron chi connectivity index (χ3n) is 2.30. The van der Waals surface area contributed by atoms with Crippen molar-refractivity contribution in [2.24, 2.45) is 0 Å². The highest BCUT2D eigenvalue weighted by atomic mass is 32.3. The summed E-state index contributed by atoms with van der Waals surface area (Å²) < 4.78 is 32.9. The fourth-order valence-corrected chi connectivity index (χ4v) is 1.79. The molecule has 0 aromatic carbocycles. The molecular formula is C7H13N3O4S. The summed E-state index contributed by atoms with van der Waals surface area (Å²) in [5.74, 6) is 0. The number of nitrogens with zero attached hydrogens (tertiary/aromatic N) is 2. The van der Waals surface area contributed by atoms with Gasteiger partial charge >= 0.3 is 10.4 Å². The van der Waals surface area contributed by atoms with E-state index in [9.17, 15) is 8.42 Å². The number of likely N-dealkylation sites (N-methyl/N-ethyl adjacent to an activating group) is 1. The lowest BCUT2D eigenvalue weighted by molar-refractivity contribution is 0.0861. The molecule has 0 aromatic rings. The Bertz CT molecular complexity index is 350. The van der Waals surface area contributed by atoms with Crippen molar-refractivity contribution in [3.05, 3.63) is 0 Å². The number of nitriles is 1. The standard InChI is InChI=1S/C7H13N3O4S/c1-10-5-6(2-3-7(10)4-8)9-14-15(11,12)13/h6-7,9H,2-3,5H2,1H3,(H,11,12,13)/t6-,7-/m1/s1. The van der Waals surface area contributed by atoms with Gasteiger partial charge in [0.25, 0.3) is 0 Å². The number of nitrogens with one attached hydrogen (secondary N) is 1. The van der Waals surface area contributed by atoms with Crippen molar-refractivity contribution >= 4 is 10.4 Å². The van der Waals surface area contributed by atoms with Gasteiger partial charge in [-0.3, -0.25) is 9.45 Å². The molecule has 1 fully saturated rings. The number of rotatable bonds is 3. The van der Waals surface area contributed by atoms with Crippen molar-refractivity contribution in [1.29, 1.82) is 5.26 Å². The van der Waals surface area contributed by atoms with Crippen LogP contribution in [0.15, 0.2) is 0 Å². The molecule has 1 aliphatic heterocycles. The van der Waals surface area contributed by atoms with E-state index in [0.717, 1.165) is 0 Å². The van der Waals surface area contributed by atoms with Gasteiger partial charge in [0.05, 0.1) is 12.1 Å². The van der Waals surface area contributed by atoms with Crippen LogP contribution in [0, 0.1) is 11.3 Å². The lowest BCUT2D eigenvalue weighted by Crippen LogP contribution is -2.48. The summed E-state index contributed by atoms with van der Waals surface area (Å²) in [6.07, 6.45) is 1.26. The zero-order valence-corrected chi connectivity index (χ0v) is 9.07. The maximum absolute atomic E-state index is 10.3. The van der Waals surface area contributed by atoms with E-state index in [4.69, 9.17) is 9.81 Å². The molecule has 0 unspecified atom stereocenters. The third kappa shape index (κ3) is 4.11. The van der Waals surface area contributed by atoms with Gasteiger partial charge in [0, 0.05) is 12.6 Å². The fraction of sp³-hybridized carbons (Fsp3) is 0.857. The Morgan fingerprint density at radius 3 is 2.73 bits per heavy atom. The summed E-state index contributed by atoms with van der Waals surface area (Å²) in [5, 5.41) is 8.73. The van der Waals surface area contributed by atoms with E-state index < -0.39 is 10.4 Å². The van der Waals surface area contributed by atoms with E-state index in [1.54, 1.807) is 11.9 Å². The molecule has 0 radical (unpaired) electrons. The monoisotopic (exact) mass is 235 g/mol. The predicted molar refractivity (Wildman–Crippen MR) is 50.8 cm³/mol. The lowest BCUT2D eigenvalue weighted by Gasteiger charge is -2.32. The second-order valence-electron chi connectivity index (χ2n) is 3.49. The Labute approximate surface area is 88.5 Å². The van der Waals surface area contributed by atoms with E-state index in [1.807, 2.05) is 0 Å². The summed E-state index contributed by atoms with van der Waals surface area (Å²) in [4.78, 5) is 1.80. The van der Waals surface area contributed by atoms with Crippen LogP contribution in [0.25, 0.3) is 0 Å². The van der Waals surface area contributed by atoms with Crippen molar-refractivity contribution in [3.63, 3.8) is 0 Å². The summed E-state index contributed by atoms with van der Waals surface area (Å²) in [7, 11) is -2.68. The van der Waals surface area contributed by atoms with Gasteiger partial charge < -0.3 is 0 Å². The molecule has 1 saturated heterocycles. The highest BCUT2D eigenvalue weighted by Crippen LogP contribution is 2.14. The minimum absolute atomic E-state index is 0.145. The molecule has 2 atom stereocenters. The van der Waals surface area contributed by atoms with Crippen LogP contribution in [-0.4, -0.2) is 43.5 Å². The first-order chi connectivity index (χ1) is 6.92. The van der Waals surface area contributed by atoms with Crippen molar-refractivity contribution in [2.45, 2.75) is 24.9 Å². The minimum atomic E-state index is -4.45. The molecule has 0 saturated carbocycles. The fourth-order valence-electron chi connectivity index (χ4n) is 1.53. The van der Waals surface area contributed by atoms with Crippen LogP contribution < -0.4 is 5.48 Å². The van der Waals surface area contributed by atoms with E-state index in [1.165, 1.54) is 0 Å². The molecule has 0 aliphatic carbocycles. The zero-order chi connectivity index (χ0) is 11.5. The van der Waals surface area contributed by atoms with Crippen LogP contribution in [-0.2, 0) is 14.7 Å². The number of likely N-dealkylation sites (tertiary alicyclic amines) is 1. The van der Waals surface area contributed by atoms with Gasteiger partial charge in [-0.1, -0.05) is 0 Å². The second-order valence-corrected chi connectivity index (χ2v) is 4.51. The Hall–Kier alpha value is -0.720. The molecular weight excluding hydrogens is 222 g/mol. The van der Waals surface area contributed by atoms with Crippen LogP contribution in [0.5, 0.6) is 0 Å². The van der Waals surface area contributed by atoms with Crippen LogP contribution in [0.4, 0.5) is 0 Å². The number of piperidine rings is 1. The van der Waals surface area contributed by atoms with Crippen LogP contribution in [0.2, 0.25) is 0 Å². The van der Waals surface area contributed by atoms with Crippen molar-refractivity contribution in [2.75, 3.05) is 13.6 Å². The highest BCUT2D eigenvalue weighted by molar-refractivity contribution is 7.80. The molecule has 0 spiro atoms. The van der Waals surface area contributed by atoms with E-state index in [0.29, 0.717) is 19.4 Å². The van der Waals surface area contributed by atoms with Crippen molar-refractivity contribution in [3.8, 4) is 6.07 Å². The molecule has 86 valence electrons. The zero-order valence-electron chi connectivity index (χ0n) is 8.25. The van der Waals surface area contributed by atoms with Gasteiger partial charge in [-0.25, -0.2) is 0 Å². The van der Waals surface area contributed by atoms with Crippen molar-refractivity contribution in [1.82, 2.24) is 10.4 Å². The third-order valence-corrected chi connectivity index (χ3v) is 2.60. The first-order valence-electron chi connectivity index (χ1n) is 4.43. The van der Waals surface area contributed by atoms with E-state index in [-0.39, 0.29) is 12.1 Å². The maximum Gasteiger partial charge on any atom is 0.413 e. The molecule has 15 heavy (non-hydrogen) atoms. The van der Waals surface area contributed by atoms with Gasteiger partial charge in [-0.15, -0.1) is 0 Å². The SMILES string of the molecule is CN1C[C@H](NOS(=O)(=O)O)CC[C@@H]1C#N. The average molecular weight is 235 g/mol. The van der Waals surface area contributed by atoms with E-state index >= 15 is 0 Å². The Morgan fingerprint density at radius 1 is 1.60 bits per heavy atom. The van der Waals surface area contributed by atoms with Gasteiger partial charge in [0.2, 0.25) is 0 Å². The first-order valence-corrected chi connectivity index (χ1v) is 5.80. The molecule has 2 N–H and O–H groups in total. The smallest absolute Gasteiger partial charge is 0.289 e. The Morgan fingerprint density at radius 2 is 2.27 bits per heavy atom. The van der Waals surface area contributed by atoms with Crippen molar-refractivity contribution < 1.29 is 17.3 Å². The molecule has 0 aromatic heterocycles. The molecule has 1 rings (SSSR count). The summed E-state index contributed by atoms with van der Waals surface area (Å²) in [5.41, 5.74) is 2.25. The normalized spacial score (nSPS) is 28.6. The van der Waals surface area contributed by atoms with Crippen LogP contribution >= 0.6 is 0 Å². The average Bonchev–Trinajstić information content (AvgIpc) is 2.14. The van der Waals surface area contributed by atoms with Gasteiger partial charge in [0.1, 0.15) is 0 Å². The van der Waals surface area contributed by atoms with Gasteiger partial charge in [-0.2, -0.15) is 23.4 Å². The van der Waals surface area contributed by atoms with E-state index in [2.05, 4.69) is 15.8 Å². The Balaban J connectivity index is 2.39. The quantitative estimate of drug-likeness (QED) is 0.492. The molecule has 0 amide bonds. The second kappa shape index (κ2) is 4.87. The van der Waals surface area contributed by atoms with Gasteiger partial charge in [0.15, 0.2) is 0 Å². The lowest BCUT2D eigenvalue weighted by atomic mass is 10.0.